The first-order chi connectivity index (χ1) is 8.86. The Labute approximate surface area is 116 Å². The Hall–Kier alpha value is -1.07. The lowest BCUT2D eigenvalue weighted by Crippen LogP contribution is -2.58. The van der Waals surface area contributed by atoms with Gasteiger partial charge in [-0.1, -0.05) is 0 Å². The third-order valence-corrected chi connectivity index (χ3v) is 4.28. The molecule has 2 heterocycles. The van der Waals surface area contributed by atoms with E-state index in [2.05, 4.69) is 48.0 Å². The minimum absolute atomic E-state index is 0.202. The maximum atomic E-state index is 4.59. The van der Waals surface area contributed by atoms with Crippen molar-refractivity contribution >= 4 is 5.82 Å². The molecule has 1 aliphatic heterocycles. The topological polar surface area (TPSA) is 36.3 Å². The molecule has 0 spiro atoms. The fraction of sp³-hybridized carbons (Fsp3) is 0.786. The van der Waals surface area contributed by atoms with Crippen molar-refractivity contribution in [3.8, 4) is 0 Å². The molecule has 19 heavy (non-hydrogen) atoms. The van der Waals surface area contributed by atoms with E-state index in [9.17, 15) is 0 Å². The highest BCUT2D eigenvalue weighted by Gasteiger charge is 2.33. The summed E-state index contributed by atoms with van der Waals surface area (Å²) in [5, 5.41) is 7.85. The maximum Gasteiger partial charge on any atom is 0.131 e. The van der Waals surface area contributed by atoms with E-state index in [0.717, 1.165) is 31.9 Å². The van der Waals surface area contributed by atoms with Gasteiger partial charge >= 0.3 is 0 Å². The average molecular weight is 265 g/mol. The molecule has 1 aromatic rings. The molecule has 1 aromatic heterocycles. The van der Waals surface area contributed by atoms with Crippen molar-refractivity contribution in [3.05, 3.63) is 11.3 Å². The molecule has 0 atom stereocenters. The molecular weight excluding hydrogens is 238 g/mol. The largest absolute Gasteiger partial charge is 0.353 e. The summed E-state index contributed by atoms with van der Waals surface area (Å²) in [6.45, 7) is 10.8. The molecule has 1 fully saturated rings. The molecular formula is C14H27N5. The number of anilines is 1. The molecule has 0 amide bonds. The van der Waals surface area contributed by atoms with E-state index in [1.54, 1.807) is 0 Å². The standard InChI is InChI=1S/C14H27N5/c1-11-12(9-15-4)13(18(6)16-11)19-8-7-17(5)14(2,3)10-19/h15H,7-10H2,1-6H3. The first-order valence-corrected chi connectivity index (χ1v) is 7.00. The quantitative estimate of drug-likeness (QED) is 0.884. The van der Waals surface area contributed by atoms with E-state index in [1.807, 2.05) is 18.8 Å². The second-order valence-corrected chi connectivity index (χ2v) is 6.20. The van der Waals surface area contributed by atoms with Gasteiger partial charge in [0.15, 0.2) is 0 Å². The van der Waals surface area contributed by atoms with Crippen LogP contribution in [0.15, 0.2) is 0 Å². The van der Waals surface area contributed by atoms with Gasteiger partial charge in [0.1, 0.15) is 5.82 Å². The van der Waals surface area contributed by atoms with Crippen LogP contribution in [0.5, 0.6) is 0 Å². The van der Waals surface area contributed by atoms with Gasteiger partial charge in [0.25, 0.3) is 0 Å². The Morgan fingerprint density at radius 1 is 1.26 bits per heavy atom. The van der Waals surface area contributed by atoms with Crippen LogP contribution in [0.1, 0.15) is 25.1 Å². The molecule has 1 aliphatic rings. The van der Waals surface area contributed by atoms with E-state index < -0.39 is 0 Å². The summed E-state index contributed by atoms with van der Waals surface area (Å²) in [5.41, 5.74) is 2.65. The molecule has 108 valence electrons. The van der Waals surface area contributed by atoms with Gasteiger partial charge in [0, 0.05) is 44.3 Å². The minimum atomic E-state index is 0.202. The number of hydrogen-bond acceptors (Lipinski definition) is 4. The lowest BCUT2D eigenvalue weighted by Gasteiger charge is -2.46. The fourth-order valence-electron chi connectivity index (χ4n) is 2.89. The first kappa shape index (κ1) is 14.3. The number of aryl methyl sites for hydroxylation is 2. The molecule has 0 aliphatic carbocycles. The number of piperazine rings is 1. The summed E-state index contributed by atoms with van der Waals surface area (Å²) >= 11 is 0. The average Bonchev–Trinajstić information content (AvgIpc) is 2.59. The summed E-state index contributed by atoms with van der Waals surface area (Å²) < 4.78 is 2.03. The molecule has 0 aromatic carbocycles. The monoisotopic (exact) mass is 265 g/mol. The van der Waals surface area contributed by atoms with Gasteiger partial charge in [-0.05, 0) is 34.9 Å². The highest BCUT2D eigenvalue weighted by atomic mass is 15.4. The third kappa shape index (κ3) is 2.62. The van der Waals surface area contributed by atoms with Crippen molar-refractivity contribution in [1.29, 1.82) is 0 Å². The summed E-state index contributed by atoms with van der Waals surface area (Å²) in [7, 11) is 6.25. The van der Waals surface area contributed by atoms with Crippen molar-refractivity contribution in [2.75, 3.05) is 38.6 Å². The van der Waals surface area contributed by atoms with Crippen LogP contribution in [0.2, 0.25) is 0 Å². The Morgan fingerprint density at radius 3 is 2.53 bits per heavy atom. The molecule has 0 unspecified atom stereocenters. The zero-order valence-corrected chi connectivity index (χ0v) is 13.1. The van der Waals surface area contributed by atoms with E-state index in [4.69, 9.17) is 0 Å². The number of rotatable bonds is 3. The van der Waals surface area contributed by atoms with Gasteiger partial charge in [-0.2, -0.15) is 5.10 Å². The van der Waals surface area contributed by atoms with Crippen molar-refractivity contribution in [2.24, 2.45) is 7.05 Å². The molecule has 5 nitrogen and oxygen atoms in total. The van der Waals surface area contributed by atoms with E-state index in [1.165, 1.54) is 11.4 Å². The Kier molecular flexibility index (Phi) is 3.87. The number of nitrogens with one attached hydrogen (secondary N) is 1. The molecule has 0 bridgehead atoms. The van der Waals surface area contributed by atoms with Crippen LogP contribution in [-0.2, 0) is 13.6 Å². The van der Waals surface area contributed by atoms with Crippen LogP contribution in [0.3, 0.4) is 0 Å². The Morgan fingerprint density at radius 2 is 1.95 bits per heavy atom. The number of likely N-dealkylation sites (N-methyl/N-ethyl adjacent to an activating group) is 1. The number of nitrogens with zero attached hydrogens (tertiary/aromatic N) is 4. The van der Waals surface area contributed by atoms with Gasteiger partial charge in [-0.3, -0.25) is 9.58 Å². The maximum absolute atomic E-state index is 4.59. The van der Waals surface area contributed by atoms with Crippen LogP contribution in [0, 0.1) is 6.92 Å². The first-order valence-electron chi connectivity index (χ1n) is 7.00. The molecule has 1 saturated heterocycles. The Bertz CT molecular complexity index is 449. The van der Waals surface area contributed by atoms with Crippen LogP contribution < -0.4 is 10.2 Å². The van der Waals surface area contributed by atoms with Crippen LogP contribution in [0.25, 0.3) is 0 Å². The SMILES string of the molecule is CNCc1c(C)nn(C)c1N1CCN(C)C(C)(C)C1. The Balaban J connectivity index is 2.32. The predicted octanol–water partition coefficient (Wildman–Crippen LogP) is 0.978. The lowest BCUT2D eigenvalue weighted by atomic mass is 9.99. The predicted molar refractivity (Wildman–Crippen MR) is 79.6 cm³/mol. The van der Waals surface area contributed by atoms with E-state index >= 15 is 0 Å². The normalized spacial score (nSPS) is 20.0. The van der Waals surface area contributed by atoms with Crippen LogP contribution in [0.4, 0.5) is 5.82 Å². The summed E-state index contributed by atoms with van der Waals surface area (Å²) in [5.74, 6) is 1.27. The molecule has 1 N–H and O–H groups in total. The highest BCUT2D eigenvalue weighted by Crippen LogP contribution is 2.28. The van der Waals surface area contributed by atoms with E-state index in [-0.39, 0.29) is 5.54 Å². The molecule has 0 radical (unpaired) electrons. The van der Waals surface area contributed by atoms with Crippen molar-refractivity contribution in [1.82, 2.24) is 20.0 Å². The van der Waals surface area contributed by atoms with Gasteiger partial charge in [-0.15, -0.1) is 0 Å². The van der Waals surface area contributed by atoms with Crippen molar-refractivity contribution in [3.63, 3.8) is 0 Å². The number of aromatic nitrogens is 2. The smallest absolute Gasteiger partial charge is 0.131 e. The van der Waals surface area contributed by atoms with Crippen molar-refractivity contribution < 1.29 is 0 Å². The number of hydrogen-bond donors (Lipinski definition) is 1. The highest BCUT2D eigenvalue weighted by molar-refractivity contribution is 5.51. The summed E-state index contributed by atoms with van der Waals surface area (Å²) in [6, 6.07) is 0. The zero-order valence-electron chi connectivity index (χ0n) is 13.1. The minimum Gasteiger partial charge on any atom is -0.353 e. The van der Waals surface area contributed by atoms with E-state index in [0.29, 0.717) is 0 Å². The van der Waals surface area contributed by atoms with Gasteiger partial charge in [-0.25, -0.2) is 0 Å². The second kappa shape index (κ2) is 5.13. The zero-order chi connectivity index (χ0) is 14.2. The molecule has 5 heteroatoms. The fourth-order valence-corrected chi connectivity index (χ4v) is 2.89. The van der Waals surface area contributed by atoms with Crippen LogP contribution >= 0.6 is 0 Å². The van der Waals surface area contributed by atoms with Crippen molar-refractivity contribution in [2.45, 2.75) is 32.9 Å². The summed E-state index contributed by atoms with van der Waals surface area (Å²) in [4.78, 5) is 4.91. The summed E-state index contributed by atoms with van der Waals surface area (Å²) in [6.07, 6.45) is 0. The van der Waals surface area contributed by atoms with Gasteiger partial charge in [0.2, 0.25) is 0 Å². The van der Waals surface area contributed by atoms with Gasteiger partial charge < -0.3 is 10.2 Å². The third-order valence-electron chi connectivity index (χ3n) is 4.28. The second-order valence-electron chi connectivity index (χ2n) is 6.20. The lowest BCUT2D eigenvalue weighted by molar-refractivity contribution is 0.138. The van der Waals surface area contributed by atoms with Crippen LogP contribution in [-0.4, -0.2) is 53.9 Å². The van der Waals surface area contributed by atoms with Gasteiger partial charge in [0.05, 0.1) is 5.69 Å². The molecule has 0 saturated carbocycles. The molecule has 2 rings (SSSR count).